The summed E-state index contributed by atoms with van der Waals surface area (Å²) < 4.78 is 36.5. The highest BCUT2D eigenvalue weighted by Gasteiger charge is 2.51. The van der Waals surface area contributed by atoms with E-state index in [0.29, 0.717) is 0 Å². The van der Waals surface area contributed by atoms with Crippen LogP contribution in [-0.2, 0) is 31.3 Å². The Balaban J connectivity index is 2.50. The molecular formula is C19H27NO6P2. The average Bonchev–Trinajstić information content (AvgIpc) is 2.62. The topological polar surface area (TPSA) is 96.3 Å². The molecule has 0 spiro atoms. The first-order valence-corrected chi connectivity index (χ1v) is 12.4. The monoisotopic (exact) mass is 427 g/mol. The van der Waals surface area contributed by atoms with E-state index in [0.717, 1.165) is 11.1 Å². The van der Waals surface area contributed by atoms with Crippen molar-refractivity contribution in [1.82, 2.24) is 4.90 Å². The van der Waals surface area contributed by atoms with Crippen LogP contribution in [-0.4, -0.2) is 33.4 Å². The van der Waals surface area contributed by atoms with Crippen LogP contribution in [0, 0.1) is 0 Å². The molecule has 0 fully saturated rings. The van der Waals surface area contributed by atoms with Gasteiger partial charge in [-0.1, -0.05) is 60.7 Å². The molecule has 7 nitrogen and oxygen atoms in total. The maximum atomic E-state index is 13.4. The van der Waals surface area contributed by atoms with Gasteiger partial charge in [-0.05, 0) is 25.0 Å². The van der Waals surface area contributed by atoms with Gasteiger partial charge in [-0.2, -0.15) is 0 Å². The summed E-state index contributed by atoms with van der Waals surface area (Å²) in [7, 11) is -8.99. The quantitative estimate of drug-likeness (QED) is 0.513. The molecule has 28 heavy (non-hydrogen) atoms. The number of benzene rings is 2. The molecule has 2 aromatic rings. The van der Waals surface area contributed by atoms with Gasteiger partial charge in [-0.3, -0.25) is 14.0 Å². The summed E-state index contributed by atoms with van der Waals surface area (Å²) in [6.07, 6.45) is 0. The molecule has 2 aromatic carbocycles. The Morgan fingerprint density at radius 2 is 1.21 bits per heavy atom. The first kappa shape index (κ1) is 23.0. The second-order valence-corrected chi connectivity index (χ2v) is 10.3. The SMILES string of the molecule is CCOP(=O)(OCC)C(N(Cc1ccccc1)Cc1ccccc1)P(=O)(O)O. The van der Waals surface area contributed by atoms with Gasteiger partial charge in [0.2, 0.25) is 5.52 Å². The van der Waals surface area contributed by atoms with Crippen LogP contribution in [0.5, 0.6) is 0 Å². The fourth-order valence-corrected chi connectivity index (χ4v) is 7.07. The van der Waals surface area contributed by atoms with Gasteiger partial charge < -0.3 is 18.8 Å². The zero-order valence-electron chi connectivity index (χ0n) is 16.0. The van der Waals surface area contributed by atoms with Crippen molar-refractivity contribution in [2.75, 3.05) is 13.2 Å². The Morgan fingerprint density at radius 1 is 0.821 bits per heavy atom. The van der Waals surface area contributed by atoms with E-state index in [4.69, 9.17) is 9.05 Å². The van der Waals surface area contributed by atoms with Gasteiger partial charge >= 0.3 is 15.2 Å². The molecule has 0 heterocycles. The Kier molecular flexibility index (Phi) is 8.59. The highest BCUT2D eigenvalue weighted by atomic mass is 31.2. The number of rotatable bonds is 11. The lowest BCUT2D eigenvalue weighted by atomic mass is 10.2. The van der Waals surface area contributed by atoms with E-state index in [1.165, 1.54) is 4.90 Å². The van der Waals surface area contributed by atoms with Crippen LogP contribution in [0.25, 0.3) is 0 Å². The Morgan fingerprint density at radius 3 is 1.54 bits per heavy atom. The molecule has 1 atom stereocenters. The van der Waals surface area contributed by atoms with Crippen molar-refractivity contribution >= 4 is 15.2 Å². The normalized spacial score (nSPS) is 13.6. The summed E-state index contributed by atoms with van der Waals surface area (Å²) in [6.45, 7) is 3.60. The predicted octanol–water partition coefficient (Wildman–Crippen LogP) is 4.42. The second-order valence-electron chi connectivity index (χ2n) is 6.19. The summed E-state index contributed by atoms with van der Waals surface area (Å²) in [5, 5.41) is 0. The molecule has 2 rings (SSSR count). The molecule has 0 aliphatic heterocycles. The molecule has 0 aromatic heterocycles. The average molecular weight is 427 g/mol. The van der Waals surface area contributed by atoms with E-state index in [9.17, 15) is 18.9 Å². The number of hydrogen-bond acceptors (Lipinski definition) is 5. The van der Waals surface area contributed by atoms with Gasteiger partial charge in [-0.15, -0.1) is 0 Å². The molecular weight excluding hydrogens is 400 g/mol. The number of hydrogen-bond donors (Lipinski definition) is 2. The van der Waals surface area contributed by atoms with Crippen molar-refractivity contribution in [3.05, 3.63) is 71.8 Å². The van der Waals surface area contributed by atoms with Crippen LogP contribution < -0.4 is 0 Å². The van der Waals surface area contributed by atoms with Gasteiger partial charge in [0.15, 0.2) is 0 Å². The Labute approximate surface area is 166 Å². The van der Waals surface area contributed by atoms with E-state index in [1.807, 2.05) is 60.7 Å². The highest BCUT2D eigenvalue weighted by Crippen LogP contribution is 2.67. The molecule has 0 bridgehead atoms. The van der Waals surface area contributed by atoms with Gasteiger partial charge in [0, 0.05) is 13.1 Å². The van der Waals surface area contributed by atoms with Gasteiger partial charge in [0.05, 0.1) is 13.2 Å². The summed E-state index contributed by atoms with van der Waals surface area (Å²) in [5.74, 6) is 0. The molecule has 0 aliphatic carbocycles. The van der Waals surface area contributed by atoms with Crippen molar-refractivity contribution in [1.29, 1.82) is 0 Å². The molecule has 9 heteroatoms. The Hall–Kier alpha value is -1.30. The van der Waals surface area contributed by atoms with Gasteiger partial charge in [-0.25, -0.2) is 0 Å². The molecule has 154 valence electrons. The first-order valence-electron chi connectivity index (χ1n) is 9.06. The third-order valence-electron chi connectivity index (χ3n) is 3.99. The highest BCUT2D eigenvalue weighted by molar-refractivity contribution is 7.71. The minimum Gasteiger partial charge on any atom is -0.323 e. The maximum absolute atomic E-state index is 13.4. The summed E-state index contributed by atoms with van der Waals surface area (Å²) in [6, 6.07) is 18.5. The molecule has 0 aliphatic rings. The molecule has 0 amide bonds. The summed E-state index contributed by atoms with van der Waals surface area (Å²) >= 11 is 0. The fraction of sp³-hybridized carbons (Fsp3) is 0.368. The lowest BCUT2D eigenvalue weighted by Gasteiger charge is -2.35. The zero-order valence-corrected chi connectivity index (χ0v) is 17.8. The van der Waals surface area contributed by atoms with Crippen molar-refractivity contribution in [3.8, 4) is 0 Å². The van der Waals surface area contributed by atoms with Crippen molar-refractivity contribution in [3.63, 3.8) is 0 Å². The summed E-state index contributed by atoms with van der Waals surface area (Å²) in [5.41, 5.74) is -0.0480. The lowest BCUT2D eigenvalue weighted by Crippen LogP contribution is -2.35. The maximum Gasteiger partial charge on any atom is 0.360 e. The first-order chi connectivity index (χ1) is 13.3. The van der Waals surface area contributed by atoms with Crippen molar-refractivity contribution in [2.24, 2.45) is 0 Å². The van der Waals surface area contributed by atoms with E-state index < -0.39 is 20.7 Å². The third-order valence-corrected chi connectivity index (χ3v) is 8.79. The van der Waals surface area contributed by atoms with E-state index >= 15 is 0 Å². The van der Waals surface area contributed by atoms with Crippen LogP contribution in [0.4, 0.5) is 0 Å². The molecule has 1 unspecified atom stereocenters. The molecule has 2 N–H and O–H groups in total. The van der Waals surface area contributed by atoms with E-state index in [1.54, 1.807) is 13.8 Å². The van der Waals surface area contributed by atoms with Crippen molar-refractivity contribution < 1.29 is 28.0 Å². The fourth-order valence-electron chi connectivity index (χ4n) is 2.98. The minimum atomic E-state index is -4.87. The van der Waals surface area contributed by atoms with E-state index in [-0.39, 0.29) is 26.3 Å². The lowest BCUT2D eigenvalue weighted by molar-refractivity contribution is 0.167. The van der Waals surface area contributed by atoms with Gasteiger partial charge in [0.1, 0.15) is 0 Å². The van der Waals surface area contributed by atoms with Crippen molar-refractivity contribution in [2.45, 2.75) is 32.5 Å². The smallest absolute Gasteiger partial charge is 0.323 e. The third kappa shape index (κ3) is 6.36. The van der Waals surface area contributed by atoms with Crippen LogP contribution in [0.1, 0.15) is 25.0 Å². The summed E-state index contributed by atoms with van der Waals surface area (Å²) in [4.78, 5) is 21.7. The minimum absolute atomic E-state index is 0.0122. The largest absolute Gasteiger partial charge is 0.360 e. The molecule has 0 saturated carbocycles. The zero-order chi connectivity index (χ0) is 20.6. The van der Waals surface area contributed by atoms with Crippen LogP contribution in [0.15, 0.2) is 60.7 Å². The van der Waals surface area contributed by atoms with Crippen LogP contribution in [0.2, 0.25) is 0 Å². The number of nitrogens with zero attached hydrogens (tertiary/aromatic N) is 1. The van der Waals surface area contributed by atoms with Gasteiger partial charge in [0.25, 0.3) is 0 Å². The predicted molar refractivity (Wildman–Crippen MR) is 109 cm³/mol. The second kappa shape index (κ2) is 10.5. The van der Waals surface area contributed by atoms with Crippen LogP contribution >= 0.6 is 15.2 Å². The van der Waals surface area contributed by atoms with Crippen LogP contribution in [0.3, 0.4) is 0 Å². The van der Waals surface area contributed by atoms with E-state index in [2.05, 4.69) is 0 Å². The molecule has 0 saturated heterocycles. The molecule has 0 radical (unpaired) electrons. The standard InChI is InChI=1S/C19H27NO6P2/c1-3-25-28(24,26-4-2)19(27(21,22)23)20(15-17-11-7-5-8-12-17)16-18-13-9-6-10-14-18/h5-14,19H,3-4,15-16H2,1-2H3,(H2,21,22,23). The Bertz CT molecular complexity index is 760.